The second-order valence-corrected chi connectivity index (χ2v) is 5.29. The summed E-state index contributed by atoms with van der Waals surface area (Å²) in [5.74, 6) is 0.596. The van der Waals surface area contributed by atoms with Gasteiger partial charge in [0, 0.05) is 6.08 Å². The van der Waals surface area contributed by atoms with Gasteiger partial charge in [-0.2, -0.15) is 0 Å². The lowest BCUT2D eigenvalue weighted by Crippen LogP contribution is -1.95. The van der Waals surface area contributed by atoms with E-state index in [9.17, 15) is 4.79 Å². The summed E-state index contributed by atoms with van der Waals surface area (Å²) >= 11 is 0. The van der Waals surface area contributed by atoms with E-state index in [4.69, 9.17) is 5.11 Å². The first-order valence-electron chi connectivity index (χ1n) is 6.49. The van der Waals surface area contributed by atoms with E-state index in [-0.39, 0.29) is 0 Å². The fourth-order valence-corrected chi connectivity index (χ4v) is 1.72. The zero-order valence-electron chi connectivity index (χ0n) is 11.6. The number of carbonyl (C=O) groups is 1. The normalized spacial score (nSPS) is 14.5. The van der Waals surface area contributed by atoms with Gasteiger partial charge in [-0.3, -0.25) is 0 Å². The zero-order chi connectivity index (χ0) is 13.3. The van der Waals surface area contributed by atoms with Crippen LogP contribution in [0, 0.1) is 11.8 Å². The predicted octanol–water partition coefficient (Wildman–Crippen LogP) is 4.43. The summed E-state index contributed by atoms with van der Waals surface area (Å²) in [7, 11) is 0. The molecule has 17 heavy (non-hydrogen) atoms. The van der Waals surface area contributed by atoms with Gasteiger partial charge in [0.25, 0.3) is 0 Å². The first-order valence-corrected chi connectivity index (χ1v) is 6.49. The van der Waals surface area contributed by atoms with Crippen molar-refractivity contribution in [2.75, 3.05) is 0 Å². The Kier molecular flexibility index (Phi) is 8.47. The molecule has 98 valence electrons. The molecule has 1 unspecified atom stereocenters. The fraction of sp³-hybridized carbons (Fsp3) is 0.667. The van der Waals surface area contributed by atoms with Crippen molar-refractivity contribution in [2.45, 2.75) is 53.4 Å². The second kappa shape index (κ2) is 9.03. The molecule has 0 saturated carbocycles. The summed E-state index contributed by atoms with van der Waals surface area (Å²) in [6.07, 6.45) is 10.1. The molecule has 0 rings (SSSR count). The lowest BCUT2D eigenvalue weighted by atomic mass is 9.97. The predicted molar refractivity (Wildman–Crippen MR) is 73.0 cm³/mol. The maximum Gasteiger partial charge on any atom is 0.328 e. The van der Waals surface area contributed by atoms with Crippen molar-refractivity contribution in [3.05, 3.63) is 23.8 Å². The topological polar surface area (TPSA) is 37.3 Å². The lowest BCUT2D eigenvalue weighted by molar-refractivity contribution is -0.131. The van der Waals surface area contributed by atoms with Crippen LogP contribution < -0.4 is 0 Å². The molecular formula is C15H26O2. The van der Waals surface area contributed by atoms with Gasteiger partial charge in [0.1, 0.15) is 0 Å². The molecule has 2 heteroatoms. The molecule has 0 aromatic heterocycles. The Hall–Kier alpha value is -1.05. The SMILES string of the molecule is CC(/C=C/CC(C)CCCC(C)C)=C\C(=O)O. The van der Waals surface area contributed by atoms with Crippen molar-refractivity contribution in [3.8, 4) is 0 Å². The molecule has 0 radical (unpaired) electrons. The minimum atomic E-state index is -0.878. The summed E-state index contributed by atoms with van der Waals surface area (Å²) in [5, 5.41) is 8.55. The Balaban J connectivity index is 3.79. The maximum absolute atomic E-state index is 10.4. The fourth-order valence-electron chi connectivity index (χ4n) is 1.72. The minimum absolute atomic E-state index is 0.683. The summed E-state index contributed by atoms with van der Waals surface area (Å²) in [5.41, 5.74) is 0.798. The van der Waals surface area contributed by atoms with E-state index in [0.717, 1.165) is 17.9 Å². The van der Waals surface area contributed by atoms with Crippen molar-refractivity contribution in [1.82, 2.24) is 0 Å². The molecule has 0 bridgehead atoms. The molecule has 0 amide bonds. The molecule has 1 N–H and O–H groups in total. The van der Waals surface area contributed by atoms with Crippen LogP contribution in [0.3, 0.4) is 0 Å². The number of carboxylic acid groups (broad SMARTS) is 1. The number of aliphatic carboxylic acids is 1. The summed E-state index contributed by atoms with van der Waals surface area (Å²) in [6, 6.07) is 0. The van der Waals surface area contributed by atoms with Gasteiger partial charge in [-0.15, -0.1) is 0 Å². The monoisotopic (exact) mass is 238 g/mol. The van der Waals surface area contributed by atoms with Crippen molar-refractivity contribution in [2.24, 2.45) is 11.8 Å². The van der Waals surface area contributed by atoms with Gasteiger partial charge in [0.05, 0.1) is 0 Å². The first-order chi connectivity index (χ1) is 7.91. The molecule has 0 aromatic carbocycles. The molecule has 0 aliphatic carbocycles. The van der Waals surface area contributed by atoms with Crippen molar-refractivity contribution >= 4 is 5.97 Å². The van der Waals surface area contributed by atoms with Crippen molar-refractivity contribution in [3.63, 3.8) is 0 Å². The lowest BCUT2D eigenvalue weighted by Gasteiger charge is -2.09. The Morgan fingerprint density at radius 2 is 1.88 bits per heavy atom. The largest absolute Gasteiger partial charge is 0.478 e. The molecule has 0 aliphatic rings. The van der Waals surface area contributed by atoms with Crippen molar-refractivity contribution < 1.29 is 9.90 Å². The van der Waals surface area contributed by atoms with Crippen LogP contribution in [0.4, 0.5) is 0 Å². The summed E-state index contributed by atoms with van der Waals surface area (Å²) in [6.45, 7) is 8.57. The highest BCUT2D eigenvalue weighted by Crippen LogP contribution is 2.15. The molecule has 0 aromatic rings. The van der Waals surface area contributed by atoms with Gasteiger partial charge >= 0.3 is 5.97 Å². The van der Waals surface area contributed by atoms with Crippen LogP contribution in [-0.4, -0.2) is 11.1 Å². The molecule has 1 atom stereocenters. The van der Waals surface area contributed by atoms with Crippen LogP contribution in [0.5, 0.6) is 0 Å². The van der Waals surface area contributed by atoms with Gasteiger partial charge in [0.15, 0.2) is 0 Å². The summed E-state index contributed by atoms with van der Waals surface area (Å²) in [4.78, 5) is 10.4. The van der Waals surface area contributed by atoms with Gasteiger partial charge in [-0.25, -0.2) is 4.79 Å². The molecule has 0 fully saturated rings. The number of hydrogen-bond donors (Lipinski definition) is 1. The van der Waals surface area contributed by atoms with E-state index in [2.05, 4.69) is 26.8 Å². The quantitative estimate of drug-likeness (QED) is 0.502. The van der Waals surface area contributed by atoms with E-state index in [1.807, 2.05) is 13.0 Å². The van der Waals surface area contributed by atoms with Crippen molar-refractivity contribution in [1.29, 1.82) is 0 Å². The van der Waals surface area contributed by atoms with Gasteiger partial charge in [0.2, 0.25) is 0 Å². The average Bonchev–Trinajstić information content (AvgIpc) is 2.15. The molecule has 0 aliphatic heterocycles. The third-order valence-electron chi connectivity index (χ3n) is 2.75. The van der Waals surface area contributed by atoms with E-state index >= 15 is 0 Å². The Morgan fingerprint density at radius 3 is 2.41 bits per heavy atom. The third-order valence-corrected chi connectivity index (χ3v) is 2.75. The van der Waals surface area contributed by atoms with E-state index < -0.39 is 5.97 Å². The molecule has 2 nitrogen and oxygen atoms in total. The van der Waals surface area contributed by atoms with Crippen LogP contribution in [0.15, 0.2) is 23.8 Å². The van der Waals surface area contributed by atoms with Crippen LogP contribution in [0.2, 0.25) is 0 Å². The molecule has 0 heterocycles. The highest BCUT2D eigenvalue weighted by Gasteiger charge is 2.01. The second-order valence-electron chi connectivity index (χ2n) is 5.29. The Labute approximate surface area is 105 Å². The molecular weight excluding hydrogens is 212 g/mol. The Bertz CT molecular complexity index is 275. The van der Waals surface area contributed by atoms with Crippen LogP contribution in [-0.2, 0) is 4.79 Å². The first kappa shape index (κ1) is 16.0. The van der Waals surface area contributed by atoms with E-state index in [1.54, 1.807) is 0 Å². The zero-order valence-corrected chi connectivity index (χ0v) is 11.6. The van der Waals surface area contributed by atoms with Gasteiger partial charge < -0.3 is 5.11 Å². The Morgan fingerprint density at radius 1 is 1.24 bits per heavy atom. The number of hydrogen-bond acceptors (Lipinski definition) is 1. The van der Waals surface area contributed by atoms with Crippen LogP contribution >= 0.6 is 0 Å². The highest BCUT2D eigenvalue weighted by molar-refractivity contribution is 5.81. The molecule has 0 saturated heterocycles. The molecule has 0 spiro atoms. The maximum atomic E-state index is 10.4. The highest BCUT2D eigenvalue weighted by atomic mass is 16.4. The smallest absolute Gasteiger partial charge is 0.328 e. The standard InChI is InChI=1S/C15H26O2/c1-12(2)7-5-8-13(3)9-6-10-14(4)11-15(16)17/h6,10-13H,5,7-9H2,1-4H3,(H,16,17)/b10-6+,14-11+. The average molecular weight is 238 g/mol. The third kappa shape index (κ3) is 11.2. The number of allylic oxidation sites excluding steroid dienone is 3. The minimum Gasteiger partial charge on any atom is -0.478 e. The number of carboxylic acids is 1. The van der Waals surface area contributed by atoms with Crippen LogP contribution in [0.1, 0.15) is 53.4 Å². The van der Waals surface area contributed by atoms with Gasteiger partial charge in [-0.1, -0.05) is 52.2 Å². The van der Waals surface area contributed by atoms with Crippen LogP contribution in [0.25, 0.3) is 0 Å². The van der Waals surface area contributed by atoms with Gasteiger partial charge in [-0.05, 0) is 30.8 Å². The van der Waals surface area contributed by atoms with E-state index in [1.165, 1.54) is 25.3 Å². The van der Waals surface area contributed by atoms with E-state index in [0.29, 0.717) is 5.92 Å². The summed E-state index contributed by atoms with van der Waals surface area (Å²) < 4.78 is 0. The number of rotatable bonds is 8.